The summed E-state index contributed by atoms with van der Waals surface area (Å²) in [6.07, 6.45) is 1.30. The van der Waals surface area contributed by atoms with Crippen LogP contribution in [-0.2, 0) is 34.2 Å². The third kappa shape index (κ3) is 4.33. The number of hydrogen-bond donors (Lipinski definition) is 1. The summed E-state index contributed by atoms with van der Waals surface area (Å²) in [7, 11) is -3.60. The van der Waals surface area contributed by atoms with Gasteiger partial charge in [-0.2, -0.15) is 4.31 Å². The highest BCUT2D eigenvalue weighted by Gasteiger charge is 2.36. The van der Waals surface area contributed by atoms with E-state index in [0.29, 0.717) is 0 Å². The first-order valence-corrected chi connectivity index (χ1v) is 10.4. The lowest BCUT2D eigenvalue weighted by Gasteiger charge is -2.34. The number of sulfonamides is 1. The third-order valence-electron chi connectivity index (χ3n) is 4.67. The van der Waals surface area contributed by atoms with Crippen molar-refractivity contribution in [2.75, 3.05) is 12.8 Å². The minimum absolute atomic E-state index is 0.00638. The van der Waals surface area contributed by atoms with Gasteiger partial charge in [0.1, 0.15) is 17.7 Å². The molecule has 1 N–H and O–H groups in total. The van der Waals surface area contributed by atoms with E-state index in [1.807, 2.05) is 24.3 Å². The molecule has 1 heterocycles. The summed E-state index contributed by atoms with van der Waals surface area (Å²) in [5.74, 6) is -1.83. The molecule has 0 saturated heterocycles. The second-order valence-electron chi connectivity index (χ2n) is 6.54. The van der Waals surface area contributed by atoms with E-state index in [0.717, 1.165) is 33.8 Å². The van der Waals surface area contributed by atoms with E-state index in [9.17, 15) is 22.0 Å². The molecular formula is C19H20F2N2O3S. The largest absolute Gasteiger partial charge is 0.354 e. The van der Waals surface area contributed by atoms with Gasteiger partial charge in [-0.1, -0.05) is 30.3 Å². The molecule has 2 aromatic rings. The van der Waals surface area contributed by atoms with Crippen molar-refractivity contribution in [1.82, 2.24) is 9.62 Å². The van der Waals surface area contributed by atoms with Crippen molar-refractivity contribution in [1.29, 1.82) is 0 Å². The van der Waals surface area contributed by atoms with Crippen molar-refractivity contribution in [3.8, 4) is 0 Å². The van der Waals surface area contributed by atoms with Gasteiger partial charge in [0, 0.05) is 18.7 Å². The predicted octanol–water partition coefficient (Wildman–Crippen LogP) is 2.01. The molecule has 2 aromatic carbocycles. The Labute approximate surface area is 157 Å². The minimum atomic E-state index is -3.60. The highest BCUT2D eigenvalue weighted by molar-refractivity contribution is 7.88. The van der Waals surface area contributed by atoms with Gasteiger partial charge in [0.25, 0.3) is 0 Å². The first kappa shape index (κ1) is 19.4. The molecule has 27 heavy (non-hydrogen) atoms. The Morgan fingerprint density at radius 1 is 1.11 bits per heavy atom. The van der Waals surface area contributed by atoms with E-state index >= 15 is 0 Å². The van der Waals surface area contributed by atoms with Crippen LogP contribution in [0.4, 0.5) is 8.78 Å². The lowest BCUT2D eigenvalue weighted by atomic mass is 9.95. The van der Waals surface area contributed by atoms with Crippen LogP contribution in [0.25, 0.3) is 0 Å². The van der Waals surface area contributed by atoms with Crippen molar-refractivity contribution < 1.29 is 22.0 Å². The van der Waals surface area contributed by atoms with Crippen molar-refractivity contribution in [3.05, 3.63) is 70.8 Å². The molecule has 0 saturated carbocycles. The maximum absolute atomic E-state index is 13.7. The molecule has 0 fully saturated rings. The highest BCUT2D eigenvalue weighted by Crippen LogP contribution is 2.25. The summed E-state index contributed by atoms with van der Waals surface area (Å²) in [6, 6.07) is 10.1. The molecule has 0 bridgehead atoms. The number of halogens is 2. The summed E-state index contributed by atoms with van der Waals surface area (Å²) >= 11 is 0. The van der Waals surface area contributed by atoms with Gasteiger partial charge in [0.15, 0.2) is 0 Å². The van der Waals surface area contributed by atoms with Crippen molar-refractivity contribution in [2.24, 2.45) is 0 Å². The Kier molecular flexibility index (Phi) is 5.57. The molecule has 144 valence electrons. The fourth-order valence-corrected chi connectivity index (χ4v) is 4.28. The second-order valence-corrected chi connectivity index (χ2v) is 8.47. The minimum Gasteiger partial charge on any atom is -0.354 e. The Bertz CT molecular complexity index is 943. The smallest absolute Gasteiger partial charge is 0.238 e. The molecule has 0 unspecified atom stereocenters. The number of carbonyl (C=O) groups excluding carboxylic acids is 1. The average molecular weight is 394 g/mol. The van der Waals surface area contributed by atoms with Gasteiger partial charge in [-0.05, 0) is 36.1 Å². The first-order chi connectivity index (χ1) is 12.8. The van der Waals surface area contributed by atoms with E-state index < -0.39 is 33.6 Å². The van der Waals surface area contributed by atoms with Gasteiger partial charge in [0.2, 0.25) is 15.9 Å². The van der Waals surface area contributed by atoms with Crippen LogP contribution in [-0.4, -0.2) is 37.5 Å². The van der Waals surface area contributed by atoms with Crippen LogP contribution in [0.3, 0.4) is 0 Å². The average Bonchev–Trinajstić information content (AvgIpc) is 2.62. The van der Waals surface area contributed by atoms with E-state index in [2.05, 4.69) is 5.32 Å². The summed E-state index contributed by atoms with van der Waals surface area (Å²) in [6.45, 7) is 0.126. The second kappa shape index (κ2) is 7.74. The molecule has 0 spiro atoms. The van der Waals surface area contributed by atoms with Crippen molar-refractivity contribution in [2.45, 2.75) is 25.4 Å². The number of hydrogen-bond acceptors (Lipinski definition) is 3. The molecule has 1 aliphatic rings. The molecule has 0 aliphatic carbocycles. The molecule has 1 amide bonds. The maximum atomic E-state index is 13.7. The third-order valence-corrected chi connectivity index (χ3v) is 5.91. The molecule has 3 rings (SSSR count). The number of amides is 1. The zero-order valence-corrected chi connectivity index (χ0v) is 15.6. The summed E-state index contributed by atoms with van der Waals surface area (Å²) < 4.78 is 52.8. The number of rotatable bonds is 5. The van der Waals surface area contributed by atoms with Crippen LogP contribution in [0, 0.1) is 11.6 Å². The van der Waals surface area contributed by atoms with Gasteiger partial charge in [-0.25, -0.2) is 17.2 Å². The van der Waals surface area contributed by atoms with Crippen LogP contribution in [0.5, 0.6) is 0 Å². The summed E-state index contributed by atoms with van der Waals surface area (Å²) in [5, 5.41) is 2.61. The molecular weight excluding hydrogens is 374 g/mol. The van der Waals surface area contributed by atoms with E-state index in [1.54, 1.807) is 0 Å². The van der Waals surface area contributed by atoms with Crippen molar-refractivity contribution >= 4 is 15.9 Å². The number of nitrogens with one attached hydrogen (secondary N) is 1. The molecule has 5 nitrogen and oxygen atoms in total. The zero-order chi connectivity index (χ0) is 19.6. The topological polar surface area (TPSA) is 66.5 Å². The number of fused-ring (bicyclic) bond motifs is 1. The van der Waals surface area contributed by atoms with Gasteiger partial charge in [0.05, 0.1) is 6.26 Å². The summed E-state index contributed by atoms with van der Waals surface area (Å²) in [4.78, 5) is 12.6. The SMILES string of the molecule is CS(=O)(=O)N1Cc2ccccc2C[C@H]1C(=O)NCCc1c(F)cccc1F. The van der Waals surface area contributed by atoms with Gasteiger partial charge in [-0.15, -0.1) is 0 Å². The fourth-order valence-electron chi connectivity index (χ4n) is 3.27. The van der Waals surface area contributed by atoms with Crippen molar-refractivity contribution in [3.63, 3.8) is 0 Å². The highest BCUT2D eigenvalue weighted by atomic mass is 32.2. The van der Waals surface area contributed by atoms with E-state index in [-0.39, 0.29) is 31.5 Å². The standard InChI is InChI=1S/C19H20F2N2O3S/c1-27(25,26)23-12-14-6-3-2-5-13(14)11-18(23)19(24)22-10-9-15-16(20)7-4-8-17(15)21/h2-8,18H,9-12H2,1H3,(H,22,24)/t18-/m0/s1. The van der Waals surface area contributed by atoms with E-state index in [4.69, 9.17) is 0 Å². The van der Waals surface area contributed by atoms with Gasteiger partial charge >= 0.3 is 0 Å². The predicted molar refractivity (Wildman–Crippen MR) is 97.4 cm³/mol. The first-order valence-electron chi connectivity index (χ1n) is 8.51. The lowest BCUT2D eigenvalue weighted by molar-refractivity contribution is -0.125. The molecule has 0 radical (unpaired) electrons. The zero-order valence-electron chi connectivity index (χ0n) is 14.8. The van der Waals surface area contributed by atoms with Crippen LogP contribution in [0.2, 0.25) is 0 Å². The summed E-state index contributed by atoms with van der Waals surface area (Å²) in [5.41, 5.74) is 1.67. The monoisotopic (exact) mass is 394 g/mol. The van der Waals surface area contributed by atoms with Crippen LogP contribution in [0.15, 0.2) is 42.5 Å². The molecule has 1 aliphatic heterocycles. The molecule has 1 atom stereocenters. The quantitative estimate of drug-likeness (QED) is 0.844. The Morgan fingerprint density at radius 3 is 2.37 bits per heavy atom. The molecule has 8 heteroatoms. The van der Waals surface area contributed by atoms with E-state index in [1.165, 1.54) is 6.07 Å². The van der Waals surface area contributed by atoms with Crippen LogP contribution < -0.4 is 5.32 Å². The lowest BCUT2D eigenvalue weighted by Crippen LogP contribution is -2.52. The number of benzene rings is 2. The number of carbonyl (C=O) groups is 1. The molecule has 0 aromatic heterocycles. The normalized spacial score (nSPS) is 17.4. The fraction of sp³-hybridized carbons (Fsp3) is 0.316. The van der Waals surface area contributed by atoms with Crippen LogP contribution in [0.1, 0.15) is 16.7 Å². The maximum Gasteiger partial charge on any atom is 0.238 e. The van der Waals surface area contributed by atoms with Gasteiger partial charge < -0.3 is 5.32 Å². The number of nitrogens with zero attached hydrogens (tertiary/aromatic N) is 1. The van der Waals surface area contributed by atoms with Gasteiger partial charge in [-0.3, -0.25) is 4.79 Å². The Morgan fingerprint density at radius 2 is 1.74 bits per heavy atom. The van der Waals surface area contributed by atoms with Crippen LogP contribution >= 0.6 is 0 Å². The Balaban J connectivity index is 1.72. The Hall–Kier alpha value is -2.32.